The fourth-order valence-electron chi connectivity index (χ4n) is 2.45. The van der Waals surface area contributed by atoms with Gasteiger partial charge in [-0.15, -0.1) is 0 Å². The van der Waals surface area contributed by atoms with Gasteiger partial charge in [0.1, 0.15) is 6.17 Å². The maximum Gasteiger partial charge on any atom is 0.121 e. The van der Waals surface area contributed by atoms with Crippen LogP contribution in [0.25, 0.3) is 0 Å². The second-order valence-corrected chi connectivity index (χ2v) is 5.53. The van der Waals surface area contributed by atoms with E-state index < -0.39 is 6.17 Å². The van der Waals surface area contributed by atoms with Crippen molar-refractivity contribution in [2.45, 2.75) is 65.0 Å². The van der Waals surface area contributed by atoms with E-state index in [1.54, 1.807) is 0 Å². The van der Waals surface area contributed by atoms with Crippen molar-refractivity contribution in [1.82, 2.24) is 0 Å². The number of alkyl halides is 1. The number of allylic oxidation sites excluding steroid dienone is 6. The van der Waals surface area contributed by atoms with E-state index in [0.717, 1.165) is 55.2 Å². The summed E-state index contributed by atoms with van der Waals surface area (Å²) in [5.41, 5.74) is 4.61. The van der Waals surface area contributed by atoms with E-state index in [9.17, 15) is 4.39 Å². The molecule has 0 amide bonds. The zero-order valence-electron chi connectivity index (χ0n) is 12.5. The Morgan fingerprint density at radius 1 is 1.47 bits per heavy atom. The molecule has 1 aliphatic rings. The molecule has 19 heavy (non-hydrogen) atoms. The Hall–Kier alpha value is -1.11. The van der Waals surface area contributed by atoms with Crippen LogP contribution in [0.3, 0.4) is 0 Å². The SMILES string of the molecule is C=C(C)C/C=C(/CC)C(=C)CCC1=CCCCC1F. The quantitative estimate of drug-likeness (QED) is 0.385. The summed E-state index contributed by atoms with van der Waals surface area (Å²) in [4.78, 5) is 0. The molecule has 0 N–H and O–H groups in total. The first-order chi connectivity index (χ1) is 9.04. The third-order valence-electron chi connectivity index (χ3n) is 3.72. The van der Waals surface area contributed by atoms with Gasteiger partial charge in [-0.25, -0.2) is 4.39 Å². The van der Waals surface area contributed by atoms with Gasteiger partial charge in [0.2, 0.25) is 0 Å². The van der Waals surface area contributed by atoms with Crippen LogP contribution in [0, 0.1) is 0 Å². The molecule has 0 saturated heterocycles. The largest absolute Gasteiger partial charge is 0.243 e. The fraction of sp³-hybridized carbons (Fsp3) is 0.556. The van der Waals surface area contributed by atoms with Crippen molar-refractivity contribution in [2.24, 2.45) is 0 Å². The zero-order chi connectivity index (χ0) is 14.3. The molecule has 0 aromatic carbocycles. The minimum atomic E-state index is -0.717. The standard InChI is InChI=1S/C18H27F/c1-5-16(12-10-14(2)3)15(4)11-13-17-8-6-7-9-18(17)19/h8,12,18H,2,4-7,9-11,13H2,1,3H3/b16-12-. The molecule has 0 aromatic rings. The fourth-order valence-corrected chi connectivity index (χ4v) is 2.45. The molecule has 0 aliphatic heterocycles. The Morgan fingerprint density at radius 2 is 2.21 bits per heavy atom. The predicted molar refractivity (Wildman–Crippen MR) is 83.0 cm³/mol. The molecule has 0 saturated carbocycles. The minimum Gasteiger partial charge on any atom is -0.243 e. The molecule has 1 heteroatoms. The first-order valence-corrected chi connectivity index (χ1v) is 7.39. The molecule has 0 nitrogen and oxygen atoms in total. The molecule has 1 unspecified atom stereocenters. The van der Waals surface area contributed by atoms with E-state index >= 15 is 0 Å². The minimum absolute atomic E-state index is 0.699. The Morgan fingerprint density at radius 3 is 2.79 bits per heavy atom. The van der Waals surface area contributed by atoms with Crippen LogP contribution < -0.4 is 0 Å². The highest BCUT2D eigenvalue weighted by atomic mass is 19.1. The van der Waals surface area contributed by atoms with E-state index in [1.165, 1.54) is 5.57 Å². The second-order valence-electron chi connectivity index (χ2n) is 5.53. The summed E-state index contributed by atoms with van der Waals surface area (Å²) in [7, 11) is 0. The van der Waals surface area contributed by atoms with Gasteiger partial charge in [0, 0.05) is 0 Å². The van der Waals surface area contributed by atoms with Crippen LogP contribution in [0.4, 0.5) is 4.39 Å². The first kappa shape index (κ1) is 15.9. The van der Waals surface area contributed by atoms with Gasteiger partial charge >= 0.3 is 0 Å². The molecule has 0 radical (unpaired) electrons. The Bertz CT molecular complexity index is 384. The third kappa shape index (κ3) is 5.59. The molecule has 0 spiro atoms. The van der Waals surface area contributed by atoms with Gasteiger partial charge in [-0.2, -0.15) is 0 Å². The topological polar surface area (TPSA) is 0 Å². The van der Waals surface area contributed by atoms with E-state index in [0.29, 0.717) is 6.42 Å². The molecule has 0 fully saturated rings. The normalized spacial score (nSPS) is 20.1. The van der Waals surface area contributed by atoms with Crippen LogP contribution in [-0.4, -0.2) is 6.17 Å². The average molecular weight is 262 g/mol. The second kappa shape index (κ2) is 8.14. The molecular formula is C18H27F. The van der Waals surface area contributed by atoms with Crippen molar-refractivity contribution in [3.05, 3.63) is 47.6 Å². The molecule has 1 rings (SSSR count). The predicted octanol–water partition coefficient (Wildman–Crippen LogP) is 6.07. The number of hydrogen-bond donors (Lipinski definition) is 0. The van der Waals surface area contributed by atoms with Crippen molar-refractivity contribution in [3.8, 4) is 0 Å². The van der Waals surface area contributed by atoms with Crippen molar-refractivity contribution in [3.63, 3.8) is 0 Å². The number of rotatable bonds is 7. The Balaban J connectivity index is 2.51. The Labute approximate surface area is 117 Å². The lowest BCUT2D eigenvalue weighted by molar-refractivity contribution is 0.334. The van der Waals surface area contributed by atoms with Gasteiger partial charge in [0.15, 0.2) is 0 Å². The monoisotopic (exact) mass is 262 g/mol. The summed E-state index contributed by atoms with van der Waals surface area (Å²) < 4.78 is 13.7. The lowest BCUT2D eigenvalue weighted by atomic mass is 9.91. The molecule has 1 aliphatic carbocycles. The van der Waals surface area contributed by atoms with Gasteiger partial charge in [0.05, 0.1) is 0 Å². The molecule has 106 valence electrons. The number of halogens is 1. The van der Waals surface area contributed by atoms with Crippen LogP contribution in [0.2, 0.25) is 0 Å². The summed E-state index contributed by atoms with van der Waals surface area (Å²) in [6.07, 6.45) is 9.92. The highest BCUT2D eigenvalue weighted by Crippen LogP contribution is 2.28. The van der Waals surface area contributed by atoms with Crippen LogP contribution in [0.1, 0.15) is 58.8 Å². The summed E-state index contributed by atoms with van der Waals surface area (Å²) in [5, 5.41) is 0. The lowest BCUT2D eigenvalue weighted by Crippen LogP contribution is -2.09. The maximum atomic E-state index is 13.7. The van der Waals surface area contributed by atoms with E-state index in [2.05, 4.69) is 32.2 Å². The van der Waals surface area contributed by atoms with E-state index in [1.807, 2.05) is 6.92 Å². The third-order valence-corrected chi connectivity index (χ3v) is 3.72. The summed E-state index contributed by atoms with van der Waals surface area (Å²) in [6, 6.07) is 0. The van der Waals surface area contributed by atoms with E-state index in [4.69, 9.17) is 0 Å². The number of hydrogen-bond acceptors (Lipinski definition) is 0. The van der Waals surface area contributed by atoms with Crippen LogP contribution >= 0.6 is 0 Å². The van der Waals surface area contributed by atoms with Crippen LogP contribution in [-0.2, 0) is 0 Å². The molecule has 0 heterocycles. The lowest BCUT2D eigenvalue weighted by Gasteiger charge is -2.18. The van der Waals surface area contributed by atoms with Crippen molar-refractivity contribution < 1.29 is 4.39 Å². The van der Waals surface area contributed by atoms with E-state index in [-0.39, 0.29) is 0 Å². The summed E-state index contributed by atoms with van der Waals surface area (Å²) >= 11 is 0. The van der Waals surface area contributed by atoms with Crippen LogP contribution in [0.5, 0.6) is 0 Å². The maximum absolute atomic E-state index is 13.7. The van der Waals surface area contributed by atoms with Gasteiger partial charge in [0.25, 0.3) is 0 Å². The molecule has 0 aromatic heterocycles. The zero-order valence-corrected chi connectivity index (χ0v) is 12.5. The van der Waals surface area contributed by atoms with Gasteiger partial charge in [-0.05, 0) is 63.0 Å². The summed E-state index contributed by atoms with van der Waals surface area (Å²) in [6.45, 7) is 12.3. The highest BCUT2D eigenvalue weighted by Gasteiger charge is 2.16. The highest BCUT2D eigenvalue weighted by molar-refractivity contribution is 5.30. The molecule has 1 atom stereocenters. The molecular weight excluding hydrogens is 235 g/mol. The van der Waals surface area contributed by atoms with Gasteiger partial charge < -0.3 is 0 Å². The summed E-state index contributed by atoms with van der Waals surface area (Å²) in [5.74, 6) is 0. The van der Waals surface area contributed by atoms with Crippen molar-refractivity contribution >= 4 is 0 Å². The van der Waals surface area contributed by atoms with Crippen LogP contribution in [0.15, 0.2) is 47.6 Å². The van der Waals surface area contributed by atoms with Gasteiger partial charge in [-0.1, -0.05) is 43.4 Å². The molecule has 0 bridgehead atoms. The Kier molecular flexibility index (Phi) is 6.83. The smallest absolute Gasteiger partial charge is 0.121 e. The first-order valence-electron chi connectivity index (χ1n) is 7.39. The van der Waals surface area contributed by atoms with Crippen molar-refractivity contribution in [1.29, 1.82) is 0 Å². The van der Waals surface area contributed by atoms with Gasteiger partial charge in [-0.3, -0.25) is 0 Å². The van der Waals surface area contributed by atoms with Crippen molar-refractivity contribution in [2.75, 3.05) is 0 Å². The average Bonchev–Trinajstić information content (AvgIpc) is 2.38.